The van der Waals surface area contributed by atoms with E-state index >= 15 is 0 Å². The second-order valence-electron chi connectivity index (χ2n) is 3.54. The van der Waals surface area contributed by atoms with Gasteiger partial charge in [-0.15, -0.1) is 0 Å². The standard InChI is InChI=1S/C12H19NO3/c1-15-10-5-6-12(11(13)9-10)16-8-4-2-3-7-14/h5-6,9,14H,2-4,7-8,13H2,1H3. The van der Waals surface area contributed by atoms with E-state index in [1.54, 1.807) is 19.2 Å². The number of aliphatic hydroxyl groups is 1. The lowest BCUT2D eigenvalue weighted by molar-refractivity contribution is 0.266. The van der Waals surface area contributed by atoms with Gasteiger partial charge in [0.2, 0.25) is 0 Å². The fourth-order valence-corrected chi connectivity index (χ4v) is 1.36. The van der Waals surface area contributed by atoms with Crippen LogP contribution in [0.3, 0.4) is 0 Å². The van der Waals surface area contributed by atoms with Crippen LogP contribution in [0.1, 0.15) is 19.3 Å². The van der Waals surface area contributed by atoms with E-state index in [0.29, 0.717) is 18.0 Å². The van der Waals surface area contributed by atoms with Gasteiger partial charge in [0.25, 0.3) is 0 Å². The van der Waals surface area contributed by atoms with Gasteiger partial charge in [-0.05, 0) is 31.4 Å². The number of nitrogen functional groups attached to an aromatic ring is 1. The number of hydrogen-bond acceptors (Lipinski definition) is 4. The smallest absolute Gasteiger partial charge is 0.142 e. The second kappa shape index (κ2) is 6.95. The van der Waals surface area contributed by atoms with Gasteiger partial charge in [-0.2, -0.15) is 0 Å². The van der Waals surface area contributed by atoms with Crippen LogP contribution in [0, 0.1) is 0 Å². The lowest BCUT2D eigenvalue weighted by Gasteiger charge is -2.09. The van der Waals surface area contributed by atoms with E-state index < -0.39 is 0 Å². The van der Waals surface area contributed by atoms with Gasteiger partial charge in [0.15, 0.2) is 0 Å². The first-order valence-electron chi connectivity index (χ1n) is 5.45. The van der Waals surface area contributed by atoms with E-state index in [1.165, 1.54) is 0 Å². The molecule has 0 unspecified atom stereocenters. The van der Waals surface area contributed by atoms with E-state index in [4.69, 9.17) is 20.3 Å². The van der Waals surface area contributed by atoms with Crippen molar-refractivity contribution in [2.75, 3.05) is 26.1 Å². The van der Waals surface area contributed by atoms with E-state index in [1.807, 2.05) is 6.07 Å². The molecule has 1 aromatic carbocycles. The quantitative estimate of drug-likeness (QED) is 0.548. The molecule has 0 atom stereocenters. The Morgan fingerprint density at radius 1 is 1.25 bits per heavy atom. The van der Waals surface area contributed by atoms with Crippen LogP contribution in [-0.4, -0.2) is 25.4 Å². The predicted molar refractivity (Wildman–Crippen MR) is 63.8 cm³/mol. The monoisotopic (exact) mass is 225 g/mol. The topological polar surface area (TPSA) is 64.7 Å². The number of anilines is 1. The second-order valence-corrected chi connectivity index (χ2v) is 3.54. The van der Waals surface area contributed by atoms with Crippen LogP contribution in [0.4, 0.5) is 5.69 Å². The summed E-state index contributed by atoms with van der Waals surface area (Å²) in [4.78, 5) is 0. The number of nitrogens with two attached hydrogens (primary N) is 1. The third kappa shape index (κ3) is 3.98. The zero-order valence-corrected chi connectivity index (χ0v) is 9.61. The van der Waals surface area contributed by atoms with Crippen molar-refractivity contribution >= 4 is 5.69 Å². The number of rotatable bonds is 7. The summed E-state index contributed by atoms with van der Waals surface area (Å²) in [7, 11) is 1.60. The molecule has 3 N–H and O–H groups in total. The van der Waals surface area contributed by atoms with Gasteiger partial charge in [-0.25, -0.2) is 0 Å². The molecule has 4 heteroatoms. The van der Waals surface area contributed by atoms with Crippen LogP contribution in [0.25, 0.3) is 0 Å². The number of aliphatic hydroxyl groups excluding tert-OH is 1. The summed E-state index contributed by atoms with van der Waals surface area (Å²) >= 11 is 0. The molecule has 4 nitrogen and oxygen atoms in total. The van der Waals surface area contributed by atoms with Crippen molar-refractivity contribution < 1.29 is 14.6 Å². The molecule has 0 aromatic heterocycles. The third-order valence-corrected chi connectivity index (χ3v) is 2.28. The zero-order valence-electron chi connectivity index (χ0n) is 9.61. The molecule has 0 saturated carbocycles. The Kier molecular flexibility index (Phi) is 5.50. The van der Waals surface area contributed by atoms with Crippen LogP contribution >= 0.6 is 0 Å². The summed E-state index contributed by atoms with van der Waals surface area (Å²) in [6.07, 6.45) is 2.71. The molecule has 1 rings (SSSR count). The fraction of sp³-hybridized carbons (Fsp3) is 0.500. The number of unbranched alkanes of at least 4 members (excludes halogenated alkanes) is 2. The van der Waals surface area contributed by atoms with E-state index in [-0.39, 0.29) is 6.61 Å². The highest BCUT2D eigenvalue weighted by Gasteiger charge is 2.01. The SMILES string of the molecule is COc1ccc(OCCCCCO)c(N)c1. The molecule has 0 spiro atoms. The predicted octanol–water partition coefficient (Wildman–Crippen LogP) is 1.82. The Labute approximate surface area is 96.0 Å². The van der Waals surface area contributed by atoms with Gasteiger partial charge in [-0.1, -0.05) is 0 Å². The van der Waals surface area contributed by atoms with Gasteiger partial charge in [0.05, 0.1) is 19.4 Å². The van der Waals surface area contributed by atoms with E-state index in [0.717, 1.165) is 25.0 Å². The minimum atomic E-state index is 0.241. The van der Waals surface area contributed by atoms with Gasteiger partial charge in [-0.3, -0.25) is 0 Å². The summed E-state index contributed by atoms with van der Waals surface area (Å²) in [6.45, 7) is 0.862. The normalized spacial score (nSPS) is 10.1. The van der Waals surface area contributed by atoms with Crippen LogP contribution in [0.5, 0.6) is 11.5 Å². The van der Waals surface area contributed by atoms with Gasteiger partial charge < -0.3 is 20.3 Å². The minimum absolute atomic E-state index is 0.241. The summed E-state index contributed by atoms with van der Waals surface area (Å²) in [5.74, 6) is 1.41. The Morgan fingerprint density at radius 2 is 2.06 bits per heavy atom. The minimum Gasteiger partial charge on any atom is -0.497 e. The number of ether oxygens (including phenoxy) is 2. The Balaban J connectivity index is 2.36. The lowest BCUT2D eigenvalue weighted by atomic mass is 10.2. The third-order valence-electron chi connectivity index (χ3n) is 2.28. The van der Waals surface area contributed by atoms with Crippen molar-refractivity contribution in [2.45, 2.75) is 19.3 Å². The fourth-order valence-electron chi connectivity index (χ4n) is 1.36. The van der Waals surface area contributed by atoms with Gasteiger partial charge >= 0.3 is 0 Å². The summed E-state index contributed by atoms with van der Waals surface area (Å²) in [6, 6.07) is 5.36. The Hall–Kier alpha value is -1.42. The molecule has 90 valence electrons. The molecule has 0 aliphatic heterocycles. The summed E-state index contributed by atoms with van der Waals surface area (Å²) in [5.41, 5.74) is 6.38. The van der Waals surface area contributed by atoms with Crippen molar-refractivity contribution in [1.82, 2.24) is 0 Å². The van der Waals surface area contributed by atoms with Crippen molar-refractivity contribution in [2.24, 2.45) is 0 Å². The first kappa shape index (κ1) is 12.6. The number of benzene rings is 1. The first-order chi connectivity index (χ1) is 7.77. The van der Waals surface area contributed by atoms with Crippen molar-refractivity contribution in [3.63, 3.8) is 0 Å². The van der Waals surface area contributed by atoms with Crippen molar-refractivity contribution in [3.05, 3.63) is 18.2 Å². The highest BCUT2D eigenvalue weighted by molar-refractivity contribution is 5.56. The van der Waals surface area contributed by atoms with Gasteiger partial charge in [0, 0.05) is 12.7 Å². The molecule has 0 radical (unpaired) electrons. The Bertz CT molecular complexity index is 315. The molecule has 0 aliphatic rings. The van der Waals surface area contributed by atoms with E-state index in [9.17, 15) is 0 Å². The molecule has 1 aromatic rings. The van der Waals surface area contributed by atoms with Crippen LogP contribution in [0.15, 0.2) is 18.2 Å². The molecular weight excluding hydrogens is 206 g/mol. The maximum Gasteiger partial charge on any atom is 0.142 e. The Morgan fingerprint density at radius 3 is 2.69 bits per heavy atom. The zero-order chi connectivity index (χ0) is 11.8. The summed E-state index contributed by atoms with van der Waals surface area (Å²) < 4.78 is 10.6. The molecular formula is C12H19NO3. The van der Waals surface area contributed by atoms with Crippen molar-refractivity contribution in [1.29, 1.82) is 0 Å². The van der Waals surface area contributed by atoms with Crippen LogP contribution < -0.4 is 15.2 Å². The number of hydrogen-bond donors (Lipinski definition) is 2. The maximum atomic E-state index is 8.61. The van der Waals surface area contributed by atoms with Crippen molar-refractivity contribution in [3.8, 4) is 11.5 Å². The highest BCUT2D eigenvalue weighted by atomic mass is 16.5. The lowest BCUT2D eigenvalue weighted by Crippen LogP contribution is -2.01. The molecule has 0 aliphatic carbocycles. The molecule has 0 heterocycles. The number of methoxy groups -OCH3 is 1. The first-order valence-corrected chi connectivity index (χ1v) is 5.45. The van der Waals surface area contributed by atoms with Gasteiger partial charge in [0.1, 0.15) is 11.5 Å². The molecule has 16 heavy (non-hydrogen) atoms. The largest absolute Gasteiger partial charge is 0.497 e. The molecule has 0 saturated heterocycles. The molecule has 0 bridgehead atoms. The average Bonchev–Trinajstić information content (AvgIpc) is 2.30. The van der Waals surface area contributed by atoms with Crippen LogP contribution in [0.2, 0.25) is 0 Å². The molecule has 0 fully saturated rings. The van der Waals surface area contributed by atoms with Crippen LogP contribution in [-0.2, 0) is 0 Å². The highest BCUT2D eigenvalue weighted by Crippen LogP contribution is 2.26. The van der Waals surface area contributed by atoms with E-state index in [2.05, 4.69) is 0 Å². The average molecular weight is 225 g/mol. The maximum absolute atomic E-state index is 8.61. The summed E-state index contributed by atoms with van der Waals surface area (Å²) in [5, 5.41) is 8.61. The molecule has 0 amide bonds.